The van der Waals surface area contributed by atoms with Crippen LogP contribution >= 0.6 is 0 Å². The number of hydrogen-bond donors (Lipinski definition) is 3. The maximum absolute atomic E-state index is 10.6. The Hall–Kier alpha value is -0.130. The Morgan fingerprint density at radius 3 is 2.25 bits per heavy atom. The highest BCUT2D eigenvalue weighted by molar-refractivity contribution is 7.90. The summed E-state index contributed by atoms with van der Waals surface area (Å²) in [5, 5.41) is 7.77. The summed E-state index contributed by atoms with van der Waals surface area (Å²) in [6, 6.07) is 0. The Morgan fingerprint density at radius 1 is 1.75 bits per heavy atom. The quantitative estimate of drug-likeness (QED) is 0.426. The van der Waals surface area contributed by atoms with Crippen molar-refractivity contribution in [2.24, 2.45) is 5.14 Å². The summed E-state index contributed by atoms with van der Waals surface area (Å²) in [7, 11) is -2.73. The predicted octanol–water partition coefficient (Wildman–Crippen LogP) is -1.12. The molecule has 1 heterocycles. The van der Waals surface area contributed by atoms with Crippen LogP contribution in [0.1, 0.15) is 0 Å². The van der Waals surface area contributed by atoms with Crippen LogP contribution in [0.2, 0.25) is 0 Å². The van der Waals surface area contributed by atoms with Crippen molar-refractivity contribution >= 4 is 9.92 Å². The summed E-state index contributed by atoms with van der Waals surface area (Å²) in [5.41, 5.74) is 0. The summed E-state index contributed by atoms with van der Waals surface area (Å²) >= 11 is 0. The second kappa shape index (κ2) is 1.68. The topological polar surface area (TPSA) is 79.0 Å². The Bertz CT molecular complexity index is 169. The lowest BCUT2D eigenvalue weighted by Crippen LogP contribution is -2.53. The van der Waals surface area contributed by atoms with Crippen LogP contribution in [0.5, 0.6) is 0 Å². The first-order chi connectivity index (χ1) is 3.61. The maximum Gasteiger partial charge on any atom is 0.108 e. The molecule has 0 aromatic rings. The molecule has 1 fully saturated rings. The first kappa shape index (κ1) is 6.00. The van der Waals surface area contributed by atoms with Crippen molar-refractivity contribution in [2.75, 3.05) is 13.1 Å². The van der Waals surface area contributed by atoms with Gasteiger partial charge in [0.2, 0.25) is 0 Å². The van der Waals surface area contributed by atoms with Crippen molar-refractivity contribution in [1.82, 2.24) is 5.32 Å². The van der Waals surface area contributed by atoms with E-state index in [4.69, 9.17) is 9.92 Å². The van der Waals surface area contributed by atoms with E-state index in [-0.39, 0.29) is 5.25 Å². The number of nitrogens with two attached hydrogens (primary N) is 1. The molecule has 8 heavy (non-hydrogen) atoms. The molecule has 0 spiro atoms. The molecule has 0 amide bonds. The molecule has 4 N–H and O–H groups in total. The van der Waals surface area contributed by atoms with Crippen molar-refractivity contribution in [3.63, 3.8) is 0 Å². The smallest absolute Gasteiger partial charge is 0.108 e. The van der Waals surface area contributed by atoms with Gasteiger partial charge in [-0.1, -0.05) is 0 Å². The SMILES string of the molecule is N=S(N)(=O)C1CNC1. The Kier molecular flexibility index (Phi) is 1.26. The zero-order valence-electron chi connectivity index (χ0n) is 4.39. The van der Waals surface area contributed by atoms with Crippen molar-refractivity contribution in [3.8, 4) is 0 Å². The van der Waals surface area contributed by atoms with E-state index >= 15 is 0 Å². The highest BCUT2D eigenvalue weighted by Gasteiger charge is 2.24. The molecule has 0 radical (unpaired) electrons. The fraction of sp³-hybridized carbons (Fsp3) is 1.00. The van der Waals surface area contributed by atoms with Crippen molar-refractivity contribution in [1.29, 1.82) is 4.78 Å². The van der Waals surface area contributed by atoms with Gasteiger partial charge in [0.1, 0.15) is 9.92 Å². The van der Waals surface area contributed by atoms with Crippen LogP contribution in [0.4, 0.5) is 0 Å². The fourth-order valence-electron chi connectivity index (χ4n) is 0.510. The number of rotatable bonds is 1. The second-order valence-corrected chi connectivity index (χ2v) is 3.89. The summed E-state index contributed by atoms with van der Waals surface area (Å²) in [5.74, 6) is 0. The summed E-state index contributed by atoms with van der Waals surface area (Å²) in [6.07, 6.45) is 0. The normalized spacial score (nSPS) is 28.6. The molecule has 0 aliphatic carbocycles. The van der Waals surface area contributed by atoms with Gasteiger partial charge in [-0.25, -0.2) is 14.1 Å². The van der Waals surface area contributed by atoms with Crippen LogP contribution in [0, 0.1) is 4.78 Å². The van der Waals surface area contributed by atoms with E-state index in [2.05, 4.69) is 5.32 Å². The molecule has 5 heteroatoms. The predicted molar refractivity (Wildman–Crippen MR) is 31.7 cm³/mol. The molecule has 1 atom stereocenters. The highest BCUT2D eigenvalue weighted by Crippen LogP contribution is 2.00. The molecular formula is C3H9N3OS. The van der Waals surface area contributed by atoms with E-state index < -0.39 is 9.92 Å². The van der Waals surface area contributed by atoms with Gasteiger partial charge in [0.15, 0.2) is 0 Å². The van der Waals surface area contributed by atoms with E-state index in [0.717, 1.165) is 0 Å². The lowest BCUT2D eigenvalue weighted by molar-refractivity contribution is 0.521. The summed E-state index contributed by atoms with van der Waals surface area (Å²) < 4.78 is 17.4. The zero-order chi connectivity index (χ0) is 6.20. The third-order valence-corrected chi connectivity index (χ3v) is 2.56. The average Bonchev–Trinajstić information content (AvgIpc) is 1.16. The Balaban J connectivity index is 2.60. The largest absolute Gasteiger partial charge is 0.314 e. The van der Waals surface area contributed by atoms with Gasteiger partial charge in [-0.05, 0) is 0 Å². The van der Waals surface area contributed by atoms with E-state index in [1.807, 2.05) is 0 Å². The average molecular weight is 135 g/mol. The third-order valence-electron chi connectivity index (χ3n) is 1.24. The number of hydrogen-bond acceptors (Lipinski definition) is 3. The van der Waals surface area contributed by atoms with Crippen LogP contribution in [-0.4, -0.2) is 22.5 Å². The standard InChI is InChI=1S/C3H9N3OS/c4-8(5,7)3-1-6-2-3/h3,6H,1-2H2,(H3,4,5,7). The minimum absolute atomic E-state index is 0.109. The maximum atomic E-state index is 10.6. The van der Waals surface area contributed by atoms with Crippen molar-refractivity contribution in [3.05, 3.63) is 0 Å². The van der Waals surface area contributed by atoms with E-state index in [9.17, 15) is 4.21 Å². The van der Waals surface area contributed by atoms with Crippen LogP contribution in [0.3, 0.4) is 0 Å². The number of nitrogens with one attached hydrogen (secondary N) is 2. The monoisotopic (exact) mass is 135 g/mol. The molecule has 1 aliphatic rings. The van der Waals surface area contributed by atoms with Gasteiger partial charge in [0, 0.05) is 13.1 Å². The van der Waals surface area contributed by atoms with Crippen LogP contribution < -0.4 is 10.5 Å². The lowest BCUT2D eigenvalue weighted by Gasteiger charge is -2.26. The molecule has 1 saturated heterocycles. The fourth-order valence-corrected chi connectivity index (χ4v) is 1.24. The molecular weight excluding hydrogens is 126 g/mol. The Morgan fingerprint density at radius 2 is 2.25 bits per heavy atom. The van der Waals surface area contributed by atoms with E-state index in [1.54, 1.807) is 0 Å². The third kappa shape index (κ3) is 0.988. The molecule has 0 aromatic carbocycles. The van der Waals surface area contributed by atoms with Gasteiger partial charge < -0.3 is 5.32 Å². The van der Waals surface area contributed by atoms with Crippen LogP contribution in [-0.2, 0) is 9.92 Å². The van der Waals surface area contributed by atoms with Crippen LogP contribution in [0.25, 0.3) is 0 Å². The second-order valence-electron chi connectivity index (χ2n) is 1.93. The molecule has 0 saturated carbocycles. The first-order valence-electron chi connectivity index (χ1n) is 2.37. The van der Waals surface area contributed by atoms with Gasteiger partial charge in [0.25, 0.3) is 0 Å². The summed E-state index contributed by atoms with van der Waals surface area (Å²) in [4.78, 5) is 0. The van der Waals surface area contributed by atoms with Gasteiger partial charge in [-0.15, -0.1) is 0 Å². The van der Waals surface area contributed by atoms with Gasteiger partial charge in [0.05, 0.1) is 5.25 Å². The summed E-state index contributed by atoms with van der Waals surface area (Å²) in [6.45, 7) is 1.28. The minimum Gasteiger partial charge on any atom is -0.314 e. The zero-order valence-corrected chi connectivity index (χ0v) is 5.20. The highest BCUT2D eigenvalue weighted by atomic mass is 32.2. The molecule has 48 valence electrons. The van der Waals surface area contributed by atoms with Crippen LogP contribution in [0.15, 0.2) is 0 Å². The minimum atomic E-state index is -2.73. The van der Waals surface area contributed by atoms with Gasteiger partial charge in [-0.3, -0.25) is 0 Å². The molecule has 1 rings (SSSR count). The molecule has 4 nitrogen and oxygen atoms in total. The van der Waals surface area contributed by atoms with Gasteiger partial charge in [-0.2, -0.15) is 0 Å². The van der Waals surface area contributed by atoms with E-state index in [0.29, 0.717) is 13.1 Å². The first-order valence-corrected chi connectivity index (χ1v) is 4.05. The van der Waals surface area contributed by atoms with Gasteiger partial charge >= 0.3 is 0 Å². The lowest BCUT2D eigenvalue weighted by atomic mass is 10.3. The van der Waals surface area contributed by atoms with E-state index in [1.165, 1.54) is 0 Å². The Labute approximate surface area is 48.6 Å². The van der Waals surface area contributed by atoms with Crippen molar-refractivity contribution < 1.29 is 4.21 Å². The molecule has 0 aromatic heterocycles. The van der Waals surface area contributed by atoms with Crippen molar-refractivity contribution in [2.45, 2.75) is 5.25 Å². The molecule has 0 bridgehead atoms. The molecule has 1 aliphatic heterocycles. The molecule has 1 unspecified atom stereocenters.